The number of hydrazine groups is 1. The van der Waals surface area contributed by atoms with E-state index in [2.05, 4.69) is 32.8 Å². The van der Waals surface area contributed by atoms with E-state index in [-0.39, 0.29) is 0 Å². The van der Waals surface area contributed by atoms with Crippen molar-refractivity contribution < 1.29 is 4.52 Å². The Hall–Kier alpha value is -1.63. The van der Waals surface area contributed by atoms with Crippen LogP contribution in [0.2, 0.25) is 0 Å². The number of nitrogens with two attached hydrogens (primary N) is 1. The number of aromatic nitrogens is 2. The van der Waals surface area contributed by atoms with Gasteiger partial charge >= 0.3 is 0 Å². The fourth-order valence-electron chi connectivity index (χ4n) is 1.11. The van der Waals surface area contributed by atoms with E-state index in [1.165, 1.54) is 0 Å². The first-order valence-electron chi connectivity index (χ1n) is 5.30. The molecule has 0 fully saturated rings. The fraction of sp³-hybridized carbons (Fsp3) is 0.667. The zero-order valence-corrected chi connectivity index (χ0v) is 9.66. The normalized spacial score (nSPS) is 11.6. The second-order valence-electron chi connectivity index (χ2n) is 3.28. The Kier molecular flexibility index (Phi) is 5.27. The standard InChI is InChI=1S/C9H18N6O/c1-3-5-11-9(14-10)12-6-4-8-13-7(2)16-15-8/h3-6,10H2,1-2H3,(H2,11,12,14). The summed E-state index contributed by atoms with van der Waals surface area (Å²) in [6, 6.07) is 0. The highest BCUT2D eigenvalue weighted by atomic mass is 16.5. The van der Waals surface area contributed by atoms with Crippen molar-refractivity contribution in [2.45, 2.75) is 26.7 Å². The molecule has 0 radical (unpaired) electrons. The Morgan fingerprint density at radius 1 is 1.56 bits per heavy atom. The Morgan fingerprint density at radius 3 is 2.94 bits per heavy atom. The minimum atomic E-state index is 0.576. The molecular formula is C9H18N6O. The predicted molar refractivity (Wildman–Crippen MR) is 60.7 cm³/mol. The zero-order valence-electron chi connectivity index (χ0n) is 9.66. The first-order chi connectivity index (χ1) is 7.76. The van der Waals surface area contributed by atoms with E-state index in [1.807, 2.05) is 0 Å². The summed E-state index contributed by atoms with van der Waals surface area (Å²) in [5, 5.41) is 6.84. The molecule has 4 N–H and O–H groups in total. The number of rotatable bonds is 5. The van der Waals surface area contributed by atoms with Crippen LogP contribution in [0.4, 0.5) is 0 Å². The quantitative estimate of drug-likeness (QED) is 0.277. The molecule has 0 unspecified atom stereocenters. The van der Waals surface area contributed by atoms with E-state index in [1.54, 1.807) is 6.92 Å². The van der Waals surface area contributed by atoms with E-state index in [4.69, 9.17) is 10.4 Å². The molecule has 0 saturated carbocycles. The van der Waals surface area contributed by atoms with Gasteiger partial charge in [0.25, 0.3) is 0 Å². The molecule has 1 aromatic rings. The molecule has 0 aliphatic rings. The van der Waals surface area contributed by atoms with Gasteiger partial charge in [-0.1, -0.05) is 12.1 Å². The monoisotopic (exact) mass is 226 g/mol. The number of nitrogens with zero attached hydrogens (tertiary/aromatic N) is 3. The summed E-state index contributed by atoms with van der Waals surface area (Å²) < 4.78 is 4.85. The first kappa shape index (κ1) is 12.4. The van der Waals surface area contributed by atoms with Crippen LogP contribution in [0.3, 0.4) is 0 Å². The smallest absolute Gasteiger partial charge is 0.223 e. The van der Waals surface area contributed by atoms with Crippen molar-refractivity contribution in [1.29, 1.82) is 0 Å². The van der Waals surface area contributed by atoms with Crippen LogP contribution in [0.1, 0.15) is 25.1 Å². The van der Waals surface area contributed by atoms with Gasteiger partial charge in [-0.3, -0.25) is 10.4 Å². The van der Waals surface area contributed by atoms with Gasteiger partial charge in [-0.15, -0.1) is 0 Å². The van der Waals surface area contributed by atoms with Gasteiger partial charge in [-0.05, 0) is 6.42 Å². The van der Waals surface area contributed by atoms with Crippen LogP contribution < -0.4 is 16.6 Å². The van der Waals surface area contributed by atoms with Crippen LogP contribution >= 0.6 is 0 Å². The highest BCUT2D eigenvalue weighted by molar-refractivity contribution is 5.79. The molecule has 0 bridgehead atoms. The number of hydrogen-bond acceptors (Lipinski definition) is 5. The van der Waals surface area contributed by atoms with Gasteiger partial charge in [0.2, 0.25) is 11.9 Å². The van der Waals surface area contributed by atoms with E-state index < -0.39 is 0 Å². The zero-order chi connectivity index (χ0) is 11.8. The van der Waals surface area contributed by atoms with E-state index in [0.29, 0.717) is 30.6 Å². The largest absolute Gasteiger partial charge is 0.355 e. The molecule has 1 heterocycles. The average Bonchev–Trinajstić information content (AvgIpc) is 2.69. The molecule has 0 saturated heterocycles. The van der Waals surface area contributed by atoms with Gasteiger partial charge in [0.1, 0.15) is 0 Å². The molecule has 16 heavy (non-hydrogen) atoms. The van der Waals surface area contributed by atoms with Crippen molar-refractivity contribution in [2.75, 3.05) is 13.1 Å². The third kappa shape index (κ3) is 4.26. The van der Waals surface area contributed by atoms with Crippen molar-refractivity contribution in [3.05, 3.63) is 11.7 Å². The van der Waals surface area contributed by atoms with Crippen molar-refractivity contribution in [2.24, 2.45) is 10.8 Å². The summed E-state index contributed by atoms with van der Waals surface area (Å²) in [4.78, 5) is 8.29. The van der Waals surface area contributed by atoms with E-state index >= 15 is 0 Å². The summed E-state index contributed by atoms with van der Waals surface area (Å²) >= 11 is 0. The summed E-state index contributed by atoms with van der Waals surface area (Å²) in [6.07, 6.45) is 1.65. The number of nitrogens with one attached hydrogen (secondary N) is 2. The van der Waals surface area contributed by atoms with Gasteiger partial charge in [-0.2, -0.15) is 4.98 Å². The Bertz CT molecular complexity index is 334. The third-order valence-electron chi connectivity index (χ3n) is 1.84. The maximum absolute atomic E-state index is 5.30. The van der Waals surface area contributed by atoms with Gasteiger partial charge in [0.15, 0.2) is 5.82 Å². The van der Waals surface area contributed by atoms with Crippen molar-refractivity contribution in [3.8, 4) is 0 Å². The summed E-state index contributed by atoms with van der Waals surface area (Å²) in [7, 11) is 0. The Labute approximate surface area is 94.5 Å². The number of aryl methyl sites for hydroxylation is 1. The molecule has 1 aromatic heterocycles. The van der Waals surface area contributed by atoms with E-state index in [9.17, 15) is 0 Å². The number of aliphatic imine (C=N–C) groups is 1. The predicted octanol–water partition coefficient (Wildman–Crippen LogP) is -0.261. The van der Waals surface area contributed by atoms with Gasteiger partial charge in [-0.25, -0.2) is 5.84 Å². The molecule has 0 amide bonds. The lowest BCUT2D eigenvalue weighted by atomic mass is 10.4. The van der Waals surface area contributed by atoms with Crippen molar-refractivity contribution in [3.63, 3.8) is 0 Å². The number of hydrogen-bond donors (Lipinski definition) is 3. The second-order valence-corrected chi connectivity index (χ2v) is 3.28. The lowest BCUT2D eigenvalue weighted by Gasteiger charge is -2.07. The summed E-state index contributed by atoms with van der Waals surface area (Å²) in [5.41, 5.74) is 2.50. The average molecular weight is 226 g/mol. The molecule has 7 nitrogen and oxygen atoms in total. The van der Waals surface area contributed by atoms with Gasteiger partial charge in [0, 0.05) is 26.4 Å². The lowest BCUT2D eigenvalue weighted by molar-refractivity contribution is 0.387. The van der Waals surface area contributed by atoms with Crippen LogP contribution in [0.25, 0.3) is 0 Å². The van der Waals surface area contributed by atoms with Crippen LogP contribution in [0, 0.1) is 6.92 Å². The Morgan fingerprint density at radius 2 is 2.38 bits per heavy atom. The topological polar surface area (TPSA) is 101 Å². The summed E-state index contributed by atoms with van der Waals surface area (Å²) in [6.45, 7) is 5.22. The molecule has 90 valence electrons. The number of guanidine groups is 1. The molecular weight excluding hydrogens is 208 g/mol. The molecule has 0 spiro atoms. The minimum Gasteiger partial charge on any atom is -0.355 e. The fourth-order valence-corrected chi connectivity index (χ4v) is 1.11. The lowest BCUT2D eigenvalue weighted by Crippen LogP contribution is -2.42. The molecule has 0 aromatic carbocycles. The second kappa shape index (κ2) is 6.78. The highest BCUT2D eigenvalue weighted by Gasteiger charge is 2.02. The van der Waals surface area contributed by atoms with Gasteiger partial charge in [0.05, 0.1) is 0 Å². The van der Waals surface area contributed by atoms with E-state index in [0.717, 1.165) is 13.0 Å². The van der Waals surface area contributed by atoms with Crippen LogP contribution in [-0.2, 0) is 6.42 Å². The maximum Gasteiger partial charge on any atom is 0.223 e. The molecule has 7 heteroatoms. The minimum absolute atomic E-state index is 0.576. The van der Waals surface area contributed by atoms with Crippen LogP contribution in [0.15, 0.2) is 9.52 Å². The molecule has 0 aliphatic carbocycles. The molecule has 1 rings (SSSR count). The van der Waals surface area contributed by atoms with Crippen LogP contribution in [0.5, 0.6) is 0 Å². The highest BCUT2D eigenvalue weighted by Crippen LogP contribution is 1.94. The first-order valence-corrected chi connectivity index (χ1v) is 5.30. The van der Waals surface area contributed by atoms with Gasteiger partial charge < -0.3 is 9.84 Å². The Balaban J connectivity index is 2.28. The van der Waals surface area contributed by atoms with Crippen molar-refractivity contribution in [1.82, 2.24) is 20.9 Å². The SMILES string of the molecule is CCCN=C(NN)NCCc1noc(C)n1. The summed E-state index contributed by atoms with van der Waals surface area (Å²) in [5.74, 6) is 7.14. The maximum atomic E-state index is 5.30. The van der Waals surface area contributed by atoms with Crippen molar-refractivity contribution >= 4 is 5.96 Å². The molecule has 0 atom stereocenters. The molecule has 0 aliphatic heterocycles. The third-order valence-corrected chi connectivity index (χ3v) is 1.84. The van der Waals surface area contributed by atoms with Crippen LogP contribution in [-0.4, -0.2) is 29.2 Å².